The zero-order valence-corrected chi connectivity index (χ0v) is 23.2. The number of anilines is 1. The summed E-state index contributed by atoms with van der Waals surface area (Å²) in [7, 11) is 0. The molecule has 0 saturated carbocycles. The van der Waals surface area contributed by atoms with Crippen LogP contribution in [0, 0.1) is 18.6 Å². The number of rotatable bonds is 4. The maximum Gasteiger partial charge on any atom is 0.408 e. The number of carbonyl (C=O) groups is 1. The number of amides is 1. The summed E-state index contributed by atoms with van der Waals surface area (Å²) >= 11 is 2.79. The van der Waals surface area contributed by atoms with Gasteiger partial charge in [0.2, 0.25) is 5.69 Å². The average molecular weight is 561 g/mol. The first-order chi connectivity index (χ1) is 16.3. The van der Waals surface area contributed by atoms with Gasteiger partial charge in [0.15, 0.2) is 5.82 Å². The fourth-order valence-electron chi connectivity index (χ4n) is 3.57. The number of aryl methyl sites for hydroxylation is 1. The van der Waals surface area contributed by atoms with Gasteiger partial charge in [-0.05, 0) is 79.7 Å². The van der Waals surface area contributed by atoms with Crippen LogP contribution in [0.15, 0.2) is 28.7 Å². The molecule has 1 atom stereocenters. The van der Waals surface area contributed by atoms with Crippen LogP contribution in [0.3, 0.4) is 0 Å². The third-order valence-corrected chi connectivity index (χ3v) is 5.53. The van der Waals surface area contributed by atoms with Crippen LogP contribution in [0.2, 0.25) is 0 Å². The molecular weight excluding hydrogens is 524 g/mol. The van der Waals surface area contributed by atoms with E-state index in [0.717, 1.165) is 12.1 Å². The highest BCUT2D eigenvalue weighted by atomic mass is 79.9. The summed E-state index contributed by atoms with van der Waals surface area (Å²) in [4.78, 5) is 10.4. The monoisotopic (exact) mass is 560 g/mol. The molecule has 0 saturated heterocycles. The number of halogens is 3. The Kier molecular flexibility index (Phi) is 11.1. The maximum atomic E-state index is 14.4. The number of nitrogens with zero attached hydrogens (tertiary/aromatic N) is 1. The van der Waals surface area contributed by atoms with Gasteiger partial charge in [0, 0.05) is 11.6 Å². The van der Waals surface area contributed by atoms with Crippen molar-refractivity contribution in [1.29, 1.82) is 0 Å². The molecule has 0 aliphatic heterocycles. The minimum atomic E-state index is -1.85. The lowest BCUT2D eigenvalue weighted by Gasteiger charge is -2.25. The van der Waals surface area contributed by atoms with Gasteiger partial charge < -0.3 is 10.1 Å². The van der Waals surface area contributed by atoms with Gasteiger partial charge in [-0.1, -0.05) is 33.8 Å². The molecule has 0 aromatic heterocycles. The fourth-order valence-corrected chi connectivity index (χ4v) is 3.92. The number of benzene rings is 2. The van der Waals surface area contributed by atoms with E-state index in [9.17, 15) is 24.0 Å². The normalized spacial score (nSPS) is 14.6. The Bertz CT molecular complexity index is 1030. The Balaban J connectivity index is 0.00000145. The van der Waals surface area contributed by atoms with Crippen molar-refractivity contribution in [3.63, 3.8) is 0 Å². The van der Waals surface area contributed by atoms with Crippen LogP contribution in [0.1, 0.15) is 77.6 Å². The van der Waals surface area contributed by atoms with Crippen molar-refractivity contribution in [2.45, 2.75) is 79.9 Å². The van der Waals surface area contributed by atoms with Gasteiger partial charge in [-0.2, -0.15) is 5.43 Å². The smallest absolute Gasteiger partial charge is 0.408 e. The van der Waals surface area contributed by atoms with E-state index in [0.29, 0.717) is 29.5 Å². The molecule has 1 aliphatic carbocycles. The summed E-state index contributed by atoms with van der Waals surface area (Å²) in [6.45, 7) is 15.1. The van der Waals surface area contributed by atoms with Crippen LogP contribution in [-0.4, -0.2) is 22.1 Å². The number of hydrogen-bond acceptors (Lipinski definition) is 5. The van der Waals surface area contributed by atoms with Crippen molar-refractivity contribution >= 4 is 33.4 Å². The van der Waals surface area contributed by atoms with E-state index in [1.165, 1.54) is 0 Å². The summed E-state index contributed by atoms with van der Waals surface area (Å²) in [5.41, 5.74) is 3.42. The highest BCUT2D eigenvalue weighted by molar-refractivity contribution is 9.10. The zero-order chi connectivity index (χ0) is 27.1. The first-order valence-electron chi connectivity index (χ1n) is 11.7. The van der Waals surface area contributed by atoms with Gasteiger partial charge in [0.05, 0.1) is 15.4 Å². The van der Waals surface area contributed by atoms with E-state index in [2.05, 4.69) is 26.7 Å². The molecule has 2 aromatic carbocycles. The third kappa shape index (κ3) is 7.86. The molecule has 0 radical (unpaired) electrons. The summed E-state index contributed by atoms with van der Waals surface area (Å²) in [6, 6.07) is 5.09. The Labute approximate surface area is 214 Å². The summed E-state index contributed by atoms with van der Waals surface area (Å²) in [5, 5.41) is 24.3. The second-order valence-corrected chi connectivity index (χ2v) is 9.32. The number of ether oxygens (including phenoxy) is 1. The van der Waals surface area contributed by atoms with Gasteiger partial charge in [-0.25, -0.2) is 13.6 Å². The number of quaternary nitrogens is 1. The number of hydrogen-bond donors (Lipinski definition) is 4. The van der Waals surface area contributed by atoms with Crippen LogP contribution in [0.4, 0.5) is 25.0 Å². The zero-order valence-electron chi connectivity index (χ0n) is 21.6. The van der Waals surface area contributed by atoms with Crippen LogP contribution in [0.25, 0.3) is 0 Å². The summed E-state index contributed by atoms with van der Waals surface area (Å²) in [6.07, 6.45) is 0.407. The lowest BCUT2D eigenvalue weighted by atomic mass is 10.0. The predicted octanol–water partition coefficient (Wildman–Crippen LogP) is 7.71. The van der Waals surface area contributed by atoms with E-state index in [1.807, 2.05) is 33.8 Å². The predicted molar refractivity (Wildman–Crippen MR) is 137 cm³/mol. The molecule has 10 heteroatoms. The van der Waals surface area contributed by atoms with Crippen LogP contribution in [-0.2, 0) is 11.2 Å². The van der Waals surface area contributed by atoms with Gasteiger partial charge in [-0.3, -0.25) is 0 Å². The SMILES string of the molecule is CC.CC.Cc1cc2c(c([N+](O)(O)Nc3ccc(F)c(Br)c3F)c1)CCC2NC(=O)OC(C)(C)C. The molecule has 0 heterocycles. The Morgan fingerprint density at radius 1 is 1.14 bits per heavy atom. The number of alkyl carbamates (subject to hydrolysis) is 1. The third-order valence-electron chi connectivity index (χ3n) is 4.80. The quantitative estimate of drug-likeness (QED) is 0.174. The minimum absolute atomic E-state index is 0.0725. The van der Waals surface area contributed by atoms with Crippen LogP contribution in [0.5, 0.6) is 0 Å². The molecule has 35 heavy (non-hydrogen) atoms. The average Bonchev–Trinajstić information content (AvgIpc) is 3.17. The van der Waals surface area contributed by atoms with Crippen molar-refractivity contribution in [1.82, 2.24) is 10.2 Å². The molecule has 1 aliphatic rings. The molecule has 196 valence electrons. The van der Waals surface area contributed by atoms with Crippen molar-refractivity contribution < 1.29 is 28.7 Å². The van der Waals surface area contributed by atoms with Crippen LogP contribution >= 0.6 is 15.9 Å². The van der Waals surface area contributed by atoms with Gasteiger partial charge in [0.1, 0.15) is 17.1 Å². The maximum absolute atomic E-state index is 14.4. The number of fused-ring (bicyclic) bond motifs is 1. The van der Waals surface area contributed by atoms with E-state index < -0.39 is 32.7 Å². The van der Waals surface area contributed by atoms with Crippen LogP contribution < -0.4 is 15.7 Å². The van der Waals surface area contributed by atoms with Crippen molar-refractivity contribution in [3.05, 3.63) is 57.1 Å². The lowest BCUT2D eigenvalue weighted by molar-refractivity contribution is -0.273. The highest BCUT2D eigenvalue weighted by Crippen LogP contribution is 2.40. The first-order valence-corrected chi connectivity index (χ1v) is 12.5. The Morgan fingerprint density at radius 3 is 2.31 bits per heavy atom. The first kappa shape index (κ1) is 30.8. The Morgan fingerprint density at radius 2 is 1.74 bits per heavy atom. The lowest BCUT2D eigenvalue weighted by Crippen LogP contribution is -2.48. The molecule has 2 aromatic rings. The summed E-state index contributed by atoms with van der Waals surface area (Å²) in [5.74, 6) is -1.82. The molecule has 7 nitrogen and oxygen atoms in total. The topological polar surface area (TPSA) is 90.8 Å². The van der Waals surface area contributed by atoms with E-state index in [4.69, 9.17) is 4.74 Å². The molecule has 4 N–H and O–H groups in total. The largest absolute Gasteiger partial charge is 0.444 e. The van der Waals surface area contributed by atoms with E-state index >= 15 is 0 Å². The molecule has 3 rings (SSSR count). The minimum Gasteiger partial charge on any atom is -0.444 e. The molecule has 1 unspecified atom stereocenters. The molecule has 0 fully saturated rings. The van der Waals surface area contributed by atoms with Crippen molar-refractivity contribution in [2.75, 3.05) is 5.43 Å². The Hall–Kier alpha value is -2.27. The second kappa shape index (κ2) is 12.6. The number of carbonyl (C=O) groups excluding carboxylic acids is 1. The number of nitrogens with one attached hydrogen (secondary N) is 2. The molecule has 0 bridgehead atoms. The summed E-state index contributed by atoms with van der Waals surface area (Å²) < 4.78 is 32.8. The van der Waals surface area contributed by atoms with Crippen molar-refractivity contribution in [3.8, 4) is 0 Å². The molecular formula is C25H37BrF2N3O4+. The van der Waals surface area contributed by atoms with Gasteiger partial charge in [0.25, 0.3) is 0 Å². The highest BCUT2D eigenvalue weighted by Gasteiger charge is 2.38. The van der Waals surface area contributed by atoms with E-state index in [1.54, 1.807) is 33.8 Å². The van der Waals surface area contributed by atoms with E-state index in [-0.39, 0.29) is 17.4 Å². The molecule has 0 spiro atoms. The second-order valence-electron chi connectivity index (χ2n) is 8.53. The van der Waals surface area contributed by atoms with Crippen molar-refractivity contribution in [2.24, 2.45) is 0 Å². The molecule has 1 amide bonds. The van der Waals surface area contributed by atoms with Gasteiger partial charge >= 0.3 is 6.09 Å². The fraction of sp³-hybridized carbons (Fsp3) is 0.480. The van der Waals surface area contributed by atoms with Gasteiger partial charge in [-0.15, -0.1) is 10.4 Å². The standard InChI is InChI=1S/C21H24BrF2N3O4.2C2H6/c1-11-9-13-12(5-7-15(13)25-20(28)31-21(2,3)4)17(10-11)27(29,30)26-16-8-6-14(23)18(22)19(16)24;2*1-2/h6,8-10,15,26,29-30H,5,7H2,1-4H3;2*1-2H3/p+1.